The SMILES string of the molecule is CC(C)[Si]([C]=O)(C(C)C)C(C)C. The van der Waals surface area contributed by atoms with E-state index < -0.39 is 8.07 Å². The van der Waals surface area contributed by atoms with Crippen LogP contribution in [-0.4, -0.2) is 14.0 Å². The maximum atomic E-state index is 11.1. The predicted octanol–water partition coefficient (Wildman–Crippen LogP) is 3.31. The summed E-state index contributed by atoms with van der Waals surface area (Å²) in [6.07, 6.45) is 0. The molecule has 12 heavy (non-hydrogen) atoms. The molecule has 0 fully saturated rings. The van der Waals surface area contributed by atoms with Crippen LogP contribution in [0.1, 0.15) is 41.5 Å². The van der Waals surface area contributed by atoms with E-state index in [9.17, 15) is 4.79 Å². The first-order valence-electron chi connectivity index (χ1n) is 4.78. The van der Waals surface area contributed by atoms with Crippen LogP contribution in [0.5, 0.6) is 0 Å². The summed E-state index contributed by atoms with van der Waals surface area (Å²) in [6.45, 7) is 13.0. The van der Waals surface area contributed by atoms with Crippen LogP contribution in [-0.2, 0) is 4.79 Å². The first kappa shape index (κ1) is 11.9. The Morgan fingerprint density at radius 3 is 1.08 bits per heavy atom. The van der Waals surface area contributed by atoms with E-state index in [1.807, 2.05) is 0 Å². The zero-order valence-corrected chi connectivity index (χ0v) is 10.1. The summed E-state index contributed by atoms with van der Waals surface area (Å²) in [5.74, 6) is 2.40. The molecule has 0 saturated carbocycles. The second-order valence-corrected chi connectivity index (χ2v) is 10.0. The average molecular weight is 185 g/mol. The molecule has 0 bridgehead atoms. The molecule has 2 heteroatoms. The van der Waals surface area contributed by atoms with Crippen LogP contribution < -0.4 is 0 Å². The molecule has 0 aromatic carbocycles. The van der Waals surface area contributed by atoms with E-state index in [1.54, 1.807) is 0 Å². The van der Waals surface area contributed by atoms with E-state index in [0.717, 1.165) is 0 Å². The van der Waals surface area contributed by atoms with E-state index in [0.29, 0.717) is 16.6 Å². The molecule has 1 nitrogen and oxygen atoms in total. The van der Waals surface area contributed by atoms with Crippen molar-refractivity contribution in [2.24, 2.45) is 0 Å². The molecular weight excluding hydrogens is 164 g/mol. The Labute approximate surface area is 77.6 Å². The molecule has 0 aromatic rings. The largest absolute Gasteiger partial charge is 0.297 e. The molecule has 0 atom stereocenters. The van der Waals surface area contributed by atoms with E-state index in [-0.39, 0.29) is 0 Å². The Balaban J connectivity index is 4.89. The van der Waals surface area contributed by atoms with Gasteiger partial charge < -0.3 is 0 Å². The summed E-state index contributed by atoms with van der Waals surface area (Å²) in [7, 11) is -1.81. The molecule has 0 aliphatic rings. The van der Waals surface area contributed by atoms with E-state index >= 15 is 0 Å². The third kappa shape index (κ3) is 1.79. The van der Waals surface area contributed by atoms with E-state index in [1.165, 1.54) is 0 Å². The first-order valence-corrected chi connectivity index (χ1v) is 7.02. The Morgan fingerprint density at radius 1 is 0.833 bits per heavy atom. The summed E-state index contributed by atoms with van der Waals surface area (Å²) in [4.78, 5) is 11.1. The molecule has 0 aliphatic carbocycles. The molecule has 0 amide bonds. The van der Waals surface area contributed by atoms with Crippen molar-refractivity contribution in [3.05, 3.63) is 0 Å². The van der Waals surface area contributed by atoms with Crippen LogP contribution in [0.3, 0.4) is 0 Å². The fourth-order valence-electron chi connectivity index (χ4n) is 2.35. The van der Waals surface area contributed by atoms with Crippen LogP contribution in [0.25, 0.3) is 0 Å². The molecule has 0 aliphatic heterocycles. The van der Waals surface area contributed by atoms with Gasteiger partial charge in [-0.15, -0.1) is 0 Å². The Hall–Kier alpha value is -0.113. The van der Waals surface area contributed by atoms with Gasteiger partial charge in [-0.05, 0) is 16.6 Å². The molecule has 0 heterocycles. The highest BCUT2D eigenvalue weighted by atomic mass is 28.3. The Morgan fingerprint density at radius 2 is 1.08 bits per heavy atom. The van der Waals surface area contributed by atoms with Crippen molar-refractivity contribution < 1.29 is 4.79 Å². The second kappa shape index (κ2) is 4.22. The van der Waals surface area contributed by atoms with Gasteiger partial charge in [0.25, 0.3) is 0 Å². The first-order chi connectivity index (χ1) is 5.39. The monoisotopic (exact) mass is 185 g/mol. The lowest BCUT2D eigenvalue weighted by atomic mass is 10.5. The number of rotatable bonds is 4. The van der Waals surface area contributed by atoms with Crippen LogP contribution in [0, 0.1) is 0 Å². The highest BCUT2D eigenvalue weighted by Crippen LogP contribution is 2.39. The summed E-state index contributed by atoms with van der Waals surface area (Å²) >= 11 is 0. The summed E-state index contributed by atoms with van der Waals surface area (Å²) < 4.78 is 0. The van der Waals surface area contributed by atoms with Gasteiger partial charge in [-0.2, -0.15) is 0 Å². The topological polar surface area (TPSA) is 17.1 Å². The number of hydrogen-bond donors (Lipinski definition) is 0. The minimum Gasteiger partial charge on any atom is -0.297 e. The van der Waals surface area contributed by atoms with Crippen LogP contribution in [0.2, 0.25) is 16.6 Å². The third-order valence-corrected chi connectivity index (χ3v) is 9.13. The van der Waals surface area contributed by atoms with Crippen molar-refractivity contribution in [2.75, 3.05) is 0 Å². The maximum absolute atomic E-state index is 11.1. The Bertz CT molecular complexity index is 128. The molecule has 0 rings (SSSR count). The van der Waals surface area contributed by atoms with Gasteiger partial charge in [-0.3, -0.25) is 4.79 Å². The van der Waals surface area contributed by atoms with Crippen molar-refractivity contribution in [1.82, 2.24) is 0 Å². The van der Waals surface area contributed by atoms with E-state index in [2.05, 4.69) is 47.5 Å². The van der Waals surface area contributed by atoms with Crippen molar-refractivity contribution in [3.63, 3.8) is 0 Å². The van der Waals surface area contributed by atoms with Gasteiger partial charge in [0, 0.05) is 0 Å². The lowest BCUT2D eigenvalue weighted by Gasteiger charge is -2.36. The summed E-state index contributed by atoms with van der Waals surface area (Å²) in [5, 5.41) is 0. The zero-order chi connectivity index (χ0) is 9.94. The summed E-state index contributed by atoms with van der Waals surface area (Å²) in [6, 6.07) is 0. The smallest absolute Gasteiger partial charge is 0.171 e. The van der Waals surface area contributed by atoms with Gasteiger partial charge in [-0.25, -0.2) is 0 Å². The maximum Gasteiger partial charge on any atom is 0.171 e. The molecule has 0 unspecified atom stereocenters. The lowest BCUT2D eigenvalue weighted by molar-refractivity contribution is 0.563. The van der Waals surface area contributed by atoms with Crippen molar-refractivity contribution in [2.45, 2.75) is 58.2 Å². The minimum atomic E-state index is -1.81. The number of hydrogen-bond acceptors (Lipinski definition) is 1. The third-order valence-electron chi connectivity index (χ3n) is 3.04. The molecular formula is C10H21OSi. The molecule has 0 aromatic heterocycles. The van der Waals surface area contributed by atoms with Gasteiger partial charge >= 0.3 is 0 Å². The second-order valence-electron chi connectivity index (χ2n) is 4.50. The zero-order valence-electron chi connectivity index (χ0n) is 9.14. The van der Waals surface area contributed by atoms with Gasteiger partial charge in [0.2, 0.25) is 0 Å². The fraction of sp³-hybridized carbons (Fsp3) is 0.900. The quantitative estimate of drug-likeness (QED) is 0.614. The average Bonchev–Trinajstić information content (AvgIpc) is 1.86. The van der Waals surface area contributed by atoms with Gasteiger partial charge in [0.05, 0.1) is 0 Å². The molecule has 1 radical (unpaired) electrons. The van der Waals surface area contributed by atoms with Crippen molar-refractivity contribution in [3.8, 4) is 0 Å². The van der Waals surface area contributed by atoms with Crippen molar-refractivity contribution in [1.29, 1.82) is 0 Å². The van der Waals surface area contributed by atoms with Gasteiger partial charge in [-0.1, -0.05) is 41.5 Å². The Kier molecular flexibility index (Phi) is 4.18. The number of carbonyl (C=O) groups excluding carboxylic acids is 1. The standard InChI is InChI=1S/C10H21OSi/c1-8(2)12(7-11,9(3)4)10(5)6/h8-10H,1-6H3. The molecule has 0 spiro atoms. The predicted molar refractivity (Wildman–Crippen MR) is 56.7 cm³/mol. The van der Waals surface area contributed by atoms with E-state index in [4.69, 9.17) is 0 Å². The minimum absolute atomic E-state index is 0.509. The van der Waals surface area contributed by atoms with Gasteiger partial charge in [0.15, 0.2) is 5.91 Å². The van der Waals surface area contributed by atoms with Crippen LogP contribution >= 0.6 is 0 Å². The fourth-order valence-corrected chi connectivity index (χ4v) is 7.06. The summed E-state index contributed by atoms with van der Waals surface area (Å²) in [5.41, 5.74) is 1.53. The highest BCUT2D eigenvalue weighted by Gasteiger charge is 2.43. The normalized spacial score (nSPS) is 13.1. The highest BCUT2D eigenvalue weighted by molar-refractivity contribution is 7.04. The molecule has 0 N–H and O–H groups in total. The van der Waals surface area contributed by atoms with Crippen LogP contribution in [0.4, 0.5) is 0 Å². The lowest BCUT2D eigenvalue weighted by Crippen LogP contribution is -2.46. The molecule has 71 valence electrons. The van der Waals surface area contributed by atoms with Gasteiger partial charge in [0.1, 0.15) is 8.07 Å². The van der Waals surface area contributed by atoms with Crippen molar-refractivity contribution >= 4 is 14.0 Å². The van der Waals surface area contributed by atoms with Crippen LogP contribution in [0.15, 0.2) is 0 Å². The molecule has 0 saturated heterocycles.